The van der Waals surface area contributed by atoms with Crippen molar-refractivity contribution in [3.63, 3.8) is 0 Å². The van der Waals surface area contributed by atoms with Gasteiger partial charge in [-0.1, -0.05) is 42.3 Å². The zero-order valence-electron chi connectivity index (χ0n) is 19.3. The first-order chi connectivity index (χ1) is 16.1. The molecule has 4 heteroatoms. The molecule has 33 heavy (non-hydrogen) atoms. The summed E-state index contributed by atoms with van der Waals surface area (Å²) in [5.74, 6) is 6.45. The molecule has 0 heterocycles. The van der Waals surface area contributed by atoms with Crippen LogP contribution in [0.2, 0.25) is 0 Å². The molecule has 2 aliphatic rings. The fraction of sp³-hybridized carbons (Fsp3) is 0.345. The van der Waals surface area contributed by atoms with Gasteiger partial charge in [-0.05, 0) is 80.0 Å². The van der Waals surface area contributed by atoms with Gasteiger partial charge in [-0.3, -0.25) is 4.79 Å². The van der Waals surface area contributed by atoms with Crippen molar-refractivity contribution < 1.29 is 19.4 Å². The zero-order chi connectivity index (χ0) is 23.2. The molecule has 0 saturated heterocycles. The van der Waals surface area contributed by atoms with Crippen LogP contribution in [0.3, 0.4) is 0 Å². The van der Waals surface area contributed by atoms with E-state index in [0.717, 1.165) is 42.8 Å². The molecule has 0 saturated carbocycles. The van der Waals surface area contributed by atoms with Gasteiger partial charge in [0.1, 0.15) is 17.6 Å². The summed E-state index contributed by atoms with van der Waals surface area (Å²) < 4.78 is 12.2. The number of allylic oxidation sites excluding steroid dienone is 3. The van der Waals surface area contributed by atoms with E-state index in [9.17, 15) is 4.79 Å². The molecule has 0 radical (unpaired) electrons. The number of rotatable bonds is 8. The Morgan fingerprint density at radius 2 is 2.00 bits per heavy atom. The van der Waals surface area contributed by atoms with Crippen LogP contribution in [0, 0.1) is 11.8 Å². The van der Waals surface area contributed by atoms with Crippen molar-refractivity contribution in [1.82, 2.24) is 0 Å². The van der Waals surface area contributed by atoms with Gasteiger partial charge in [0.2, 0.25) is 0 Å². The summed E-state index contributed by atoms with van der Waals surface area (Å²) >= 11 is 0. The Morgan fingerprint density at radius 3 is 2.73 bits per heavy atom. The Balaban J connectivity index is 1.49. The van der Waals surface area contributed by atoms with Gasteiger partial charge in [-0.2, -0.15) is 0 Å². The molecule has 4 rings (SSSR count). The van der Waals surface area contributed by atoms with Crippen LogP contribution in [-0.2, 0) is 16.0 Å². The summed E-state index contributed by atoms with van der Waals surface area (Å²) in [5, 5.41) is 9.15. The molecule has 170 valence electrons. The van der Waals surface area contributed by atoms with Gasteiger partial charge in [0, 0.05) is 5.57 Å². The van der Waals surface area contributed by atoms with Gasteiger partial charge in [-0.15, -0.1) is 5.92 Å². The lowest BCUT2D eigenvalue weighted by Crippen LogP contribution is -2.06. The number of carbonyl (C=O) groups is 1. The fourth-order valence-electron chi connectivity index (χ4n) is 4.65. The monoisotopic (exact) mass is 442 g/mol. The molecule has 1 unspecified atom stereocenters. The maximum Gasteiger partial charge on any atom is 0.304 e. The Hall–Kier alpha value is -3.45. The molecule has 2 aromatic carbocycles. The maximum absolute atomic E-state index is 11.1. The second kappa shape index (κ2) is 10.4. The number of aliphatic carboxylic acids is 1. The summed E-state index contributed by atoms with van der Waals surface area (Å²) in [6.45, 7) is 4.42. The highest BCUT2D eigenvalue weighted by atomic mass is 16.5. The summed E-state index contributed by atoms with van der Waals surface area (Å²) in [6.07, 6.45) is 8.28. The molecule has 4 nitrogen and oxygen atoms in total. The second-order valence-corrected chi connectivity index (χ2v) is 8.39. The number of fused-ring (bicyclic) bond motifs is 1. The second-order valence-electron chi connectivity index (χ2n) is 8.39. The third-order valence-electron chi connectivity index (χ3n) is 6.20. The number of hydrogen-bond acceptors (Lipinski definition) is 3. The lowest BCUT2D eigenvalue weighted by molar-refractivity contribution is -0.137. The van der Waals surface area contributed by atoms with Gasteiger partial charge in [0.25, 0.3) is 0 Å². The Labute approximate surface area is 195 Å². The largest absolute Gasteiger partial charge is 0.494 e. The quantitative estimate of drug-likeness (QED) is 0.479. The van der Waals surface area contributed by atoms with Gasteiger partial charge < -0.3 is 14.6 Å². The number of carboxylic acids is 1. The van der Waals surface area contributed by atoms with Crippen molar-refractivity contribution in [3.8, 4) is 17.6 Å². The third kappa shape index (κ3) is 5.31. The van der Waals surface area contributed by atoms with Crippen LogP contribution in [0.4, 0.5) is 0 Å². The van der Waals surface area contributed by atoms with Crippen LogP contribution in [-0.4, -0.2) is 17.7 Å². The minimum atomic E-state index is -0.849. The summed E-state index contributed by atoms with van der Waals surface area (Å²) in [4.78, 5) is 11.1. The lowest BCUT2D eigenvalue weighted by Gasteiger charge is -2.19. The average Bonchev–Trinajstić information content (AvgIpc) is 3.21. The predicted octanol–water partition coefficient (Wildman–Crippen LogP) is 6.43. The number of benzene rings is 2. The van der Waals surface area contributed by atoms with Crippen LogP contribution < -0.4 is 4.74 Å². The van der Waals surface area contributed by atoms with E-state index in [1.54, 1.807) is 6.92 Å². The molecular formula is C29H30O4. The first-order valence-electron chi connectivity index (χ1n) is 11.7. The molecule has 0 amide bonds. The van der Waals surface area contributed by atoms with Crippen molar-refractivity contribution in [2.75, 3.05) is 6.61 Å². The topological polar surface area (TPSA) is 55.8 Å². The fourth-order valence-corrected chi connectivity index (χ4v) is 4.65. The maximum atomic E-state index is 11.1. The minimum absolute atomic E-state index is 0.00336. The van der Waals surface area contributed by atoms with E-state index < -0.39 is 5.97 Å². The molecule has 2 aromatic rings. The SMILES string of the molecule is CC#C[C@H](CC(=O)O)c1ccc(OC2CCc3cc(C4=C(OCC)C=CCC4)ccc32)cc1. The average molecular weight is 443 g/mol. The van der Waals surface area contributed by atoms with E-state index in [4.69, 9.17) is 14.6 Å². The minimum Gasteiger partial charge on any atom is -0.494 e. The van der Waals surface area contributed by atoms with Gasteiger partial charge in [0.05, 0.1) is 18.9 Å². The van der Waals surface area contributed by atoms with Gasteiger partial charge in [-0.25, -0.2) is 0 Å². The smallest absolute Gasteiger partial charge is 0.304 e. The summed E-state index contributed by atoms with van der Waals surface area (Å²) in [7, 11) is 0. The van der Waals surface area contributed by atoms with Crippen LogP contribution in [0.15, 0.2) is 60.4 Å². The van der Waals surface area contributed by atoms with Crippen molar-refractivity contribution in [2.24, 2.45) is 0 Å². The van der Waals surface area contributed by atoms with E-state index in [2.05, 4.69) is 42.2 Å². The van der Waals surface area contributed by atoms with Crippen LogP contribution in [0.5, 0.6) is 5.75 Å². The van der Waals surface area contributed by atoms with Crippen LogP contribution >= 0.6 is 0 Å². The van der Waals surface area contributed by atoms with Crippen LogP contribution in [0.1, 0.15) is 73.8 Å². The van der Waals surface area contributed by atoms with Crippen LogP contribution in [0.25, 0.3) is 5.57 Å². The first-order valence-corrected chi connectivity index (χ1v) is 11.7. The van der Waals surface area contributed by atoms with E-state index in [1.807, 2.05) is 31.2 Å². The van der Waals surface area contributed by atoms with E-state index in [0.29, 0.717) is 6.61 Å². The number of hydrogen-bond donors (Lipinski definition) is 1. The van der Waals surface area contributed by atoms with E-state index in [-0.39, 0.29) is 18.4 Å². The molecule has 0 aromatic heterocycles. The zero-order valence-corrected chi connectivity index (χ0v) is 19.3. The Bertz CT molecular complexity index is 1130. The Kier molecular flexibility index (Phi) is 7.19. The molecule has 1 N–H and O–H groups in total. The highest BCUT2D eigenvalue weighted by Crippen LogP contribution is 2.38. The predicted molar refractivity (Wildman–Crippen MR) is 130 cm³/mol. The molecule has 2 aliphatic carbocycles. The number of ether oxygens (including phenoxy) is 2. The van der Waals surface area contributed by atoms with Crippen molar-refractivity contribution in [2.45, 2.75) is 58.0 Å². The van der Waals surface area contributed by atoms with E-state index >= 15 is 0 Å². The molecular weight excluding hydrogens is 412 g/mol. The molecule has 0 bridgehead atoms. The Morgan fingerprint density at radius 1 is 1.18 bits per heavy atom. The van der Waals surface area contributed by atoms with E-state index in [1.165, 1.54) is 22.3 Å². The number of aryl methyl sites for hydroxylation is 1. The summed E-state index contributed by atoms with van der Waals surface area (Å²) in [5.41, 5.74) is 6.01. The van der Waals surface area contributed by atoms with Gasteiger partial charge in [0.15, 0.2) is 0 Å². The normalized spacial score (nSPS) is 17.7. The van der Waals surface area contributed by atoms with Crippen molar-refractivity contribution >= 4 is 11.5 Å². The summed E-state index contributed by atoms with van der Waals surface area (Å²) in [6, 6.07) is 14.4. The lowest BCUT2D eigenvalue weighted by atomic mass is 9.93. The van der Waals surface area contributed by atoms with Crippen molar-refractivity contribution in [3.05, 3.63) is 82.6 Å². The number of carboxylic acid groups (broad SMARTS) is 1. The third-order valence-corrected chi connectivity index (χ3v) is 6.20. The van der Waals surface area contributed by atoms with Gasteiger partial charge >= 0.3 is 5.97 Å². The first kappa shape index (κ1) is 22.7. The highest BCUT2D eigenvalue weighted by Gasteiger charge is 2.25. The molecule has 0 aliphatic heterocycles. The molecule has 0 spiro atoms. The highest BCUT2D eigenvalue weighted by molar-refractivity contribution is 5.72. The molecule has 0 fully saturated rings. The van der Waals surface area contributed by atoms with Crippen molar-refractivity contribution in [1.29, 1.82) is 0 Å². The standard InChI is InChI=1S/C29H30O4/c1-3-7-21(19-29(30)31)20-10-14-24(15-11-20)33-28-17-13-23-18-22(12-16-26(23)28)25-8-5-6-9-27(25)32-4-2/h6,9-12,14-16,18,21,28H,4-5,8,13,17,19H2,1-2H3,(H,30,31)/t21-,28?/m1/s1. The molecule has 2 atom stereocenters.